The van der Waals surface area contributed by atoms with Crippen LogP contribution in [0.2, 0.25) is 0 Å². The second-order valence-corrected chi connectivity index (χ2v) is 6.98. The Bertz CT molecular complexity index is 468. The van der Waals surface area contributed by atoms with E-state index in [1.807, 2.05) is 0 Å². The van der Waals surface area contributed by atoms with E-state index in [-0.39, 0.29) is 0 Å². The number of aryl methyl sites for hydroxylation is 1. The number of hydrogen-bond acceptors (Lipinski definition) is 3. The van der Waals surface area contributed by atoms with Crippen molar-refractivity contribution in [2.75, 3.05) is 44.2 Å². The fourth-order valence-electron chi connectivity index (χ4n) is 3.51. The highest BCUT2D eigenvalue weighted by molar-refractivity contribution is 9.10. The maximum Gasteiger partial charge on any atom is 0.0511 e. The van der Waals surface area contributed by atoms with Crippen LogP contribution in [0, 0.1) is 12.3 Å². The van der Waals surface area contributed by atoms with Gasteiger partial charge in [-0.1, -0.05) is 6.07 Å². The average molecular weight is 324 g/mol. The molecular formula is C15H22BrN3. The summed E-state index contributed by atoms with van der Waals surface area (Å²) in [4.78, 5) is 5.01. The molecule has 0 aromatic heterocycles. The van der Waals surface area contributed by atoms with Gasteiger partial charge in [-0.3, -0.25) is 0 Å². The van der Waals surface area contributed by atoms with Crippen molar-refractivity contribution in [1.82, 2.24) is 4.90 Å². The Balaban J connectivity index is 1.66. The summed E-state index contributed by atoms with van der Waals surface area (Å²) in [5.74, 6) is 0. The molecule has 0 radical (unpaired) electrons. The largest absolute Gasteiger partial charge is 0.370 e. The second kappa shape index (κ2) is 5.08. The van der Waals surface area contributed by atoms with Gasteiger partial charge in [-0.05, 0) is 47.0 Å². The molecule has 19 heavy (non-hydrogen) atoms. The number of nitrogens with two attached hydrogens (primary N) is 1. The minimum Gasteiger partial charge on any atom is -0.370 e. The summed E-state index contributed by atoms with van der Waals surface area (Å²) in [5, 5.41) is 0. The summed E-state index contributed by atoms with van der Waals surface area (Å²) < 4.78 is 1.22. The molecule has 2 fully saturated rings. The maximum atomic E-state index is 5.62. The van der Waals surface area contributed by atoms with Crippen molar-refractivity contribution in [3.63, 3.8) is 0 Å². The van der Waals surface area contributed by atoms with Crippen molar-refractivity contribution in [3.8, 4) is 0 Å². The summed E-state index contributed by atoms with van der Waals surface area (Å²) in [6.45, 7) is 8.79. The first-order chi connectivity index (χ1) is 9.12. The highest BCUT2D eigenvalue weighted by Gasteiger charge is 2.47. The first-order valence-electron chi connectivity index (χ1n) is 7.05. The molecule has 104 valence electrons. The standard InChI is InChI=1S/C15H22BrN3/c1-12-2-3-14(13(16)8-12)19-6-4-15(11-19)9-18(10-15)7-5-17/h2-3,8H,4-7,9-11,17H2,1H3. The first-order valence-corrected chi connectivity index (χ1v) is 7.85. The number of halogens is 1. The van der Waals surface area contributed by atoms with Crippen LogP contribution < -0.4 is 10.6 Å². The van der Waals surface area contributed by atoms with Gasteiger partial charge in [0.25, 0.3) is 0 Å². The lowest BCUT2D eigenvalue weighted by Gasteiger charge is -2.48. The molecule has 3 nitrogen and oxygen atoms in total. The van der Waals surface area contributed by atoms with Crippen LogP contribution in [0.3, 0.4) is 0 Å². The molecule has 2 aliphatic rings. The SMILES string of the molecule is Cc1ccc(N2CCC3(CN(CCN)C3)C2)c(Br)c1. The van der Waals surface area contributed by atoms with Gasteiger partial charge in [-0.15, -0.1) is 0 Å². The molecule has 0 amide bonds. The third kappa shape index (κ3) is 2.54. The van der Waals surface area contributed by atoms with Crippen molar-refractivity contribution >= 4 is 21.6 Å². The van der Waals surface area contributed by atoms with Gasteiger partial charge in [-0.25, -0.2) is 0 Å². The predicted molar refractivity (Wildman–Crippen MR) is 83.6 cm³/mol. The molecule has 1 aromatic rings. The number of hydrogen-bond donors (Lipinski definition) is 1. The molecule has 2 saturated heterocycles. The lowest BCUT2D eigenvalue weighted by atomic mass is 9.79. The molecular weight excluding hydrogens is 302 g/mol. The third-order valence-electron chi connectivity index (χ3n) is 4.45. The molecule has 3 rings (SSSR count). The normalized spacial score (nSPS) is 21.9. The van der Waals surface area contributed by atoms with E-state index < -0.39 is 0 Å². The van der Waals surface area contributed by atoms with E-state index in [1.165, 1.54) is 48.3 Å². The van der Waals surface area contributed by atoms with Gasteiger partial charge in [0.05, 0.1) is 5.69 Å². The first kappa shape index (κ1) is 13.4. The van der Waals surface area contributed by atoms with E-state index in [4.69, 9.17) is 5.73 Å². The average Bonchev–Trinajstić information content (AvgIpc) is 2.74. The third-order valence-corrected chi connectivity index (χ3v) is 5.08. The molecule has 0 bridgehead atoms. The van der Waals surface area contributed by atoms with Gasteiger partial charge in [0.1, 0.15) is 0 Å². The number of benzene rings is 1. The fraction of sp³-hybridized carbons (Fsp3) is 0.600. The van der Waals surface area contributed by atoms with Gasteiger partial charge < -0.3 is 15.5 Å². The van der Waals surface area contributed by atoms with Gasteiger partial charge >= 0.3 is 0 Å². The Morgan fingerprint density at radius 3 is 2.79 bits per heavy atom. The molecule has 0 atom stereocenters. The highest BCUT2D eigenvalue weighted by Crippen LogP contribution is 2.42. The maximum absolute atomic E-state index is 5.62. The minimum absolute atomic E-state index is 0.527. The van der Waals surface area contributed by atoms with Crippen molar-refractivity contribution in [1.29, 1.82) is 0 Å². The molecule has 2 aliphatic heterocycles. The second-order valence-electron chi connectivity index (χ2n) is 6.13. The molecule has 4 heteroatoms. The van der Waals surface area contributed by atoms with Crippen LogP contribution in [0.15, 0.2) is 22.7 Å². The Morgan fingerprint density at radius 2 is 2.11 bits per heavy atom. The van der Waals surface area contributed by atoms with E-state index in [0.29, 0.717) is 5.41 Å². The Morgan fingerprint density at radius 1 is 1.32 bits per heavy atom. The Kier molecular flexibility index (Phi) is 3.58. The zero-order valence-electron chi connectivity index (χ0n) is 11.5. The Labute approximate surface area is 123 Å². The van der Waals surface area contributed by atoms with E-state index in [0.717, 1.165) is 13.1 Å². The van der Waals surface area contributed by atoms with E-state index in [2.05, 4.69) is 50.9 Å². The van der Waals surface area contributed by atoms with Crippen LogP contribution >= 0.6 is 15.9 Å². The lowest BCUT2D eigenvalue weighted by molar-refractivity contribution is 0.0213. The van der Waals surface area contributed by atoms with Crippen LogP contribution in [0.25, 0.3) is 0 Å². The smallest absolute Gasteiger partial charge is 0.0511 e. The molecule has 2 heterocycles. The number of likely N-dealkylation sites (tertiary alicyclic amines) is 1. The number of anilines is 1. The molecule has 2 N–H and O–H groups in total. The van der Waals surface area contributed by atoms with Crippen molar-refractivity contribution in [3.05, 3.63) is 28.2 Å². The van der Waals surface area contributed by atoms with Gasteiger partial charge in [0, 0.05) is 49.2 Å². The lowest BCUT2D eigenvalue weighted by Crippen LogP contribution is -2.58. The molecule has 0 unspecified atom stereocenters. The van der Waals surface area contributed by atoms with Crippen LogP contribution in [0.1, 0.15) is 12.0 Å². The molecule has 0 aliphatic carbocycles. The van der Waals surface area contributed by atoms with Gasteiger partial charge in [0.2, 0.25) is 0 Å². The van der Waals surface area contributed by atoms with Crippen LogP contribution in [0.4, 0.5) is 5.69 Å². The minimum atomic E-state index is 0.527. The zero-order chi connectivity index (χ0) is 13.5. The van der Waals surface area contributed by atoms with Crippen LogP contribution in [-0.2, 0) is 0 Å². The summed E-state index contributed by atoms with van der Waals surface area (Å²) in [5.41, 5.74) is 8.80. The number of rotatable bonds is 3. The monoisotopic (exact) mass is 323 g/mol. The summed E-state index contributed by atoms with van der Waals surface area (Å²) in [6, 6.07) is 6.66. The highest BCUT2D eigenvalue weighted by atomic mass is 79.9. The van der Waals surface area contributed by atoms with Crippen molar-refractivity contribution in [2.24, 2.45) is 11.1 Å². The predicted octanol–water partition coefficient (Wildman–Crippen LogP) is 2.23. The molecule has 1 aromatic carbocycles. The quantitative estimate of drug-likeness (QED) is 0.925. The number of nitrogens with zero attached hydrogens (tertiary/aromatic N) is 2. The van der Waals surface area contributed by atoms with Crippen LogP contribution in [-0.4, -0.2) is 44.2 Å². The molecule has 0 saturated carbocycles. The van der Waals surface area contributed by atoms with E-state index in [9.17, 15) is 0 Å². The van der Waals surface area contributed by atoms with Crippen LogP contribution in [0.5, 0.6) is 0 Å². The summed E-state index contributed by atoms with van der Waals surface area (Å²) in [7, 11) is 0. The van der Waals surface area contributed by atoms with E-state index in [1.54, 1.807) is 0 Å². The van der Waals surface area contributed by atoms with Crippen molar-refractivity contribution < 1.29 is 0 Å². The topological polar surface area (TPSA) is 32.5 Å². The zero-order valence-corrected chi connectivity index (χ0v) is 13.1. The Hall–Kier alpha value is -0.580. The van der Waals surface area contributed by atoms with Gasteiger partial charge in [0.15, 0.2) is 0 Å². The van der Waals surface area contributed by atoms with Crippen molar-refractivity contribution in [2.45, 2.75) is 13.3 Å². The molecule has 1 spiro atoms. The van der Waals surface area contributed by atoms with E-state index >= 15 is 0 Å². The summed E-state index contributed by atoms with van der Waals surface area (Å²) in [6.07, 6.45) is 1.31. The summed E-state index contributed by atoms with van der Waals surface area (Å²) >= 11 is 3.70. The fourth-order valence-corrected chi connectivity index (χ4v) is 4.25. The van der Waals surface area contributed by atoms with Gasteiger partial charge in [-0.2, -0.15) is 0 Å².